The van der Waals surface area contributed by atoms with Crippen molar-refractivity contribution >= 4 is 28.8 Å². The maximum Gasteiger partial charge on any atom is 0.332 e. The van der Waals surface area contributed by atoms with Crippen LogP contribution in [0.15, 0.2) is 84.6 Å². The van der Waals surface area contributed by atoms with E-state index in [0.717, 1.165) is 19.1 Å². The van der Waals surface area contributed by atoms with Crippen molar-refractivity contribution in [2.75, 3.05) is 0 Å². The molecule has 2 rings (SSSR count). The van der Waals surface area contributed by atoms with Gasteiger partial charge in [-0.1, -0.05) is 60.8 Å². The number of carbonyl (C=O) groups is 2. The summed E-state index contributed by atoms with van der Waals surface area (Å²) in [6.45, 7) is 8.28. The van der Waals surface area contributed by atoms with E-state index in [1.165, 1.54) is 48.6 Å². The lowest BCUT2D eigenvalue weighted by Gasteiger charge is -2.08. The van der Waals surface area contributed by atoms with Crippen molar-refractivity contribution in [3.63, 3.8) is 0 Å². The van der Waals surface area contributed by atoms with Crippen molar-refractivity contribution in [3.05, 3.63) is 105 Å². The maximum absolute atomic E-state index is 12.9. The van der Waals surface area contributed by atoms with E-state index in [2.05, 4.69) is 23.2 Å². The predicted molar refractivity (Wildman–Crippen MR) is 117 cm³/mol. The molecular weight excluding hydrogens is 418 g/mol. The first-order valence-electron chi connectivity index (χ1n) is 8.98. The summed E-state index contributed by atoms with van der Waals surface area (Å²) >= 11 is 0. The summed E-state index contributed by atoms with van der Waals surface area (Å²) in [5.74, 6) is -1.32. The van der Waals surface area contributed by atoms with Crippen LogP contribution in [0.3, 0.4) is 0 Å². The summed E-state index contributed by atoms with van der Waals surface area (Å²) in [6.07, 6.45) is 4.21. The highest BCUT2D eigenvalue weighted by Gasteiger charge is 2.22. The summed E-state index contributed by atoms with van der Waals surface area (Å²) in [7, 11) is 0. The van der Waals surface area contributed by atoms with Gasteiger partial charge in [0.1, 0.15) is 0 Å². The first kappa shape index (κ1) is 23.5. The Morgan fingerprint density at radius 3 is 2.19 bits per heavy atom. The van der Waals surface area contributed by atoms with Gasteiger partial charge in [-0.15, -0.1) is 0 Å². The number of oxime groups is 1. The quantitative estimate of drug-likeness (QED) is 0.140. The largest absolute Gasteiger partial charge is 0.332 e. The molecule has 0 aliphatic heterocycles. The molecule has 10 heteroatoms. The average Bonchev–Trinajstić information content (AvgIpc) is 2.77. The first-order chi connectivity index (χ1) is 15.2. The van der Waals surface area contributed by atoms with Crippen molar-refractivity contribution in [2.24, 2.45) is 5.16 Å². The van der Waals surface area contributed by atoms with E-state index < -0.39 is 33.0 Å². The molecule has 0 amide bonds. The number of allylic oxidation sites excluding steroid dienone is 4. The highest BCUT2D eigenvalue weighted by Crippen LogP contribution is 2.33. The van der Waals surface area contributed by atoms with E-state index in [1.807, 2.05) is 0 Å². The fourth-order valence-electron chi connectivity index (χ4n) is 2.67. The number of rotatable bonds is 9. The van der Waals surface area contributed by atoms with Crippen LogP contribution in [0.5, 0.6) is 0 Å². The Labute approximate surface area is 182 Å². The van der Waals surface area contributed by atoms with Crippen molar-refractivity contribution < 1.29 is 24.3 Å². The van der Waals surface area contributed by atoms with Crippen molar-refractivity contribution in [2.45, 2.75) is 6.92 Å². The molecule has 0 heterocycles. The van der Waals surface area contributed by atoms with Gasteiger partial charge in [-0.2, -0.15) is 0 Å². The van der Waals surface area contributed by atoms with Gasteiger partial charge in [-0.25, -0.2) is 4.79 Å². The number of hydrogen-bond donors (Lipinski definition) is 0. The molecule has 0 atom stereocenters. The molecule has 0 radical (unpaired) electrons. The third-order valence-electron chi connectivity index (χ3n) is 4.12. The van der Waals surface area contributed by atoms with E-state index in [-0.39, 0.29) is 22.4 Å². The number of nitrogens with zero attached hydrogens (tertiary/aromatic N) is 3. The molecule has 0 saturated carbocycles. The molecule has 0 bridgehead atoms. The first-order valence-corrected chi connectivity index (χ1v) is 8.98. The third kappa shape index (κ3) is 5.45. The van der Waals surface area contributed by atoms with Crippen LogP contribution in [0.4, 0.5) is 11.4 Å². The van der Waals surface area contributed by atoms with E-state index in [1.54, 1.807) is 0 Å². The SMILES string of the molecule is C=C/C=C(C=C)/C(=N/OC(C)=O)C(=O)c1ccc(-c2ccc([N+](=O)[O-])cc2[N+](=O)[O-])cc1. The summed E-state index contributed by atoms with van der Waals surface area (Å²) < 4.78 is 0. The number of non-ortho nitro benzene ring substituents is 1. The Balaban J connectivity index is 2.49. The summed E-state index contributed by atoms with van der Waals surface area (Å²) in [4.78, 5) is 49.5. The standard InChI is InChI=1S/C22H17N3O7/c1-4-6-15(5-2)21(23-32-14(3)26)22(27)17-9-7-16(8-10-17)19-12-11-18(24(28)29)13-20(19)25(30)31/h4-13H,1-2H2,3H3/b15-6+,23-21-. The second-order valence-electron chi connectivity index (χ2n) is 6.21. The predicted octanol–water partition coefficient (Wildman–Crippen LogP) is 4.57. The van der Waals surface area contributed by atoms with Gasteiger partial charge in [0.25, 0.3) is 11.4 Å². The van der Waals surface area contributed by atoms with Crippen LogP contribution in [0.25, 0.3) is 11.1 Å². The van der Waals surface area contributed by atoms with Gasteiger partial charge >= 0.3 is 5.97 Å². The molecule has 2 aromatic rings. The Hall–Kier alpha value is -4.73. The molecule has 10 nitrogen and oxygen atoms in total. The number of hydrogen-bond acceptors (Lipinski definition) is 8. The van der Waals surface area contributed by atoms with Crippen LogP contribution in [-0.2, 0) is 9.63 Å². The molecule has 162 valence electrons. The molecule has 0 spiro atoms. The Bertz CT molecular complexity index is 1180. The molecule has 0 aromatic heterocycles. The highest BCUT2D eigenvalue weighted by atomic mass is 16.7. The fourth-order valence-corrected chi connectivity index (χ4v) is 2.67. The normalized spacial score (nSPS) is 11.4. The van der Waals surface area contributed by atoms with Crippen LogP contribution in [-0.4, -0.2) is 27.3 Å². The Morgan fingerprint density at radius 1 is 1.03 bits per heavy atom. The minimum absolute atomic E-state index is 0.145. The van der Waals surface area contributed by atoms with Crippen molar-refractivity contribution in [1.82, 2.24) is 0 Å². The second kappa shape index (κ2) is 10.3. The smallest absolute Gasteiger partial charge is 0.318 e. The molecule has 0 saturated heterocycles. The minimum Gasteiger partial charge on any atom is -0.318 e. The zero-order chi connectivity index (χ0) is 23.8. The number of nitro groups is 2. The van der Waals surface area contributed by atoms with Gasteiger partial charge < -0.3 is 4.84 Å². The number of benzene rings is 2. The lowest BCUT2D eigenvalue weighted by molar-refractivity contribution is -0.393. The van der Waals surface area contributed by atoms with E-state index >= 15 is 0 Å². The molecular formula is C22H17N3O7. The molecule has 0 unspecified atom stereocenters. The van der Waals surface area contributed by atoms with Crippen LogP contribution < -0.4 is 0 Å². The number of nitro benzene ring substituents is 2. The number of Topliss-reactive ketones (excluding diaryl/α,β-unsaturated/α-hetero) is 1. The Kier molecular flexibility index (Phi) is 7.61. The second-order valence-corrected chi connectivity index (χ2v) is 6.21. The fraction of sp³-hybridized carbons (Fsp3) is 0.0455. The zero-order valence-electron chi connectivity index (χ0n) is 16.9. The van der Waals surface area contributed by atoms with Gasteiger partial charge in [-0.3, -0.25) is 25.0 Å². The molecule has 32 heavy (non-hydrogen) atoms. The third-order valence-corrected chi connectivity index (χ3v) is 4.12. The molecule has 0 N–H and O–H groups in total. The maximum atomic E-state index is 12.9. The number of carbonyl (C=O) groups excluding carboxylic acids is 2. The zero-order valence-corrected chi connectivity index (χ0v) is 16.9. The molecule has 0 aliphatic rings. The van der Waals surface area contributed by atoms with Crippen molar-refractivity contribution in [3.8, 4) is 11.1 Å². The van der Waals surface area contributed by atoms with Gasteiger partial charge in [-0.05, 0) is 11.6 Å². The van der Waals surface area contributed by atoms with E-state index in [0.29, 0.717) is 5.56 Å². The van der Waals surface area contributed by atoms with Gasteiger partial charge in [0, 0.05) is 24.1 Å². The lowest BCUT2D eigenvalue weighted by atomic mass is 9.97. The molecule has 2 aromatic carbocycles. The summed E-state index contributed by atoms with van der Waals surface area (Å²) in [5.41, 5.74) is -0.117. The monoisotopic (exact) mass is 435 g/mol. The number of ketones is 1. The van der Waals surface area contributed by atoms with Gasteiger partial charge in [0.15, 0.2) is 5.71 Å². The van der Waals surface area contributed by atoms with Gasteiger partial charge in [0.2, 0.25) is 5.78 Å². The minimum atomic E-state index is -0.726. The summed E-state index contributed by atoms with van der Waals surface area (Å²) in [6, 6.07) is 9.01. The van der Waals surface area contributed by atoms with Crippen LogP contribution in [0.1, 0.15) is 17.3 Å². The molecule has 0 aliphatic carbocycles. The summed E-state index contributed by atoms with van der Waals surface area (Å²) in [5, 5.41) is 25.9. The Morgan fingerprint density at radius 2 is 1.69 bits per heavy atom. The van der Waals surface area contributed by atoms with Crippen LogP contribution >= 0.6 is 0 Å². The van der Waals surface area contributed by atoms with Crippen molar-refractivity contribution in [1.29, 1.82) is 0 Å². The lowest BCUT2D eigenvalue weighted by Crippen LogP contribution is -2.17. The highest BCUT2D eigenvalue weighted by molar-refractivity contribution is 6.52. The average molecular weight is 435 g/mol. The topological polar surface area (TPSA) is 142 Å². The molecule has 0 fully saturated rings. The van der Waals surface area contributed by atoms with Crippen LogP contribution in [0.2, 0.25) is 0 Å². The van der Waals surface area contributed by atoms with E-state index in [4.69, 9.17) is 0 Å². The van der Waals surface area contributed by atoms with Gasteiger partial charge in [0.05, 0.1) is 21.5 Å². The van der Waals surface area contributed by atoms with E-state index in [9.17, 15) is 29.8 Å². The van der Waals surface area contributed by atoms with Crippen LogP contribution in [0, 0.1) is 20.2 Å².